The van der Waals surface area contributed by atoms with Crippen molar-refractivity contribution < 1.29 is 8.42 Å². The minimum Gasteiger partial charge on any atom is -0.339 e. The zero-order valence-electron chi connectivity index (χ0n) is 10.0. The predicted octanol–water partition coefficient (Wildman–Crippen LogP) is 1.50. The van der Waals surface area contributed by atoms with Crippen molar-refractivity contribution in [3.63, 3.8) is 0 Å². The van der Waals surface area contributed by atoms with Gasteiger partial charge in [-0.1, -0.05) is 0 Å². The normalized spacial score (nSPS) is 10.7. The Morgan fingerprint density at radius 1 is 1.26 bits per heavy atom. The molecule has 19 heavy (non-hydrogen) atoms. The molecule has 0 saturated heterocycles. The maximum absolute atomic E-state index is 11.3. The summed E-state index contributed by atoms with van der Waals surface area (Å²) < 4.78 is 22.6. The zero-order chi connectivity index (χ0) is 13.9. The number of sulfone groups is 1. The third-order valence-corrected chi connectivity index (χ3v) is 3.51. The minimum atomic E-state index is -3.21. The summed E-state index contributed by atoms with van der Waals surface area (Å²) in [6.45, 7) is 0. The average molecular weight is 274 g/mol. The van der Waals surface area contributed by atoms with Gasteiger partial charge >= 0.3 is 0 Å². The lowest BCUT2D eigenvalue weighted by molar-refractivity contribution is 0.602. The Labute approximate surface area is 110 Å². The molecule has 2 aromatic rings. The van der Waals surface area contributed by atoms with E-state index in [1.54, 1.807) is 12.1 Å². The van der Waals surface area contributed by atoms with Gasteiger partial charge in [0.15, 0.2) is 15.7 Å². The van der Waals surface area contributed by atoms with E-state index in [0.717, 1.165) is 6.26 Å². The maximum atomic E-state index is 11.3. The quantitative estimate of drug-likeness (QED) is 0.911. The van der Waals surface area contributed by atoms with Crippen LogP contribution in [0.25, 0.3) is 0 Å². The highest BCUT2D eigenvalue weighted by Crippen LogP contribution is 2.19. The van der Waals surface area contributed by atoms with Gasteiger partial charge in [0.2, 0.25) is 0 Å². The molecule has 1 aromatic heterocycles. The predicted molar refractivity (Wildman–Crippen MR) is 69.6 cm³/mol. The van der Waals surface area contributed by atoms with Crippen molar-refractivity contribution in [1.82, 2.24) is 9.97 Å². The average Bonchev–Trinajstić information content (AvgIpc) is 2.39. The molecule has 7 heteroatoms. The summed E-state index contributed by atoms with van der Waals surface area (Å²) in [7, 11) is -3.21. The molecule has 0 aliphatic carbocycles. The van der Waals surface area contributed by atoms with E-state index >= 15 is 0 Å². The van der Waals surface area contributed by atoms with Gasteiger partial charge < -0.3 is 5.32 Å². The van der Waals surface area contributed by atoms with Crippen molar-refractivity contribution in [2.24, 2.45) is 0 Å². The van der Waals surface area contributed by atoms with E-state index in [-0.39, 0.29) is 4.90 Å². The molecule has 6 nitrogen and oxygen atoms in total. The summed E-state index contributed by atoms with van der Waals surface area (Å²) in [5, 5.41) is 11.8. The molecular formula is C12H10N4O2S. The summed E-state index contributed by atoms with van der Waals surface area (Å²) in [4.78, 5) is 7.94. The lowest BCUT2D eigenvalue weighted by Gasteiger charge is -2.07. The lowest BCUT2D eigenvalue weighted by Crippen LogP contribution is -1.99. The van der Waals surface area contributed by atoms with Gasteiger partial charge in [0.25, 0.3) is 0 Å². The second-order valence-electron chi connectivity index (χ2n) is 3.82. The van der Waals surface area contributed by atoms with Gasteiger partial charge in [-0.3, -0.25) is 0 Å². The lowest BCUT2D eigenvalue weighted by atomic mass is 10.3. The molecule has 0 saturated carbocycles. The van der Waals surface area contributed by atoms with Crippen molar-refractivity contribution in [3.05, 3.63) is 42.4 Å². The molecule has 0 spiro atoms. The highest BCUT2D eigenvalue weighted by molar-refractivity contribution is 7.90. The molecule has 1 N–H and O–H groups in total. The Morgan fingerprint density at radius 3 is 2.53 bits per heavy atom. The first kappa shape index (κ1) is 13.0. The molecule has 0 aliphatic heterocycles. The number of rotatable bonds is 3. The number of hydrogen-bond acceptors (Lipinski definition) is 6. The third-order valence-electron chi connectivity index (χ3n) is 2.38. The van der Waals surface area contributed by atoms with Crippen molar-refractivity contribution in [2.45, 2.75) is 4.90 Å². The molecule has 1 aromatic carbocycles. The van der Waals surface area contributed by atoms with Crippen LogP contribution in [-0.4, -0.2) is 24.6 Å². The number of nitriles is 1. The number of aromatic nitrogens is 2. The number of anilines is 2. The molecule has 0 atom stereocenters. The molecule has 1 heterocycles. The maximum Gasteiger partial charge on any atom is 0.175 e. The summed E-state index contributed by atoms with van der Waals surface area (Å²) in [5.41, 5.74) is 0.956. The van der Waals surface area contributed by atoms with Crippen LogP contribution in [0.5, 0.6) is 0 Å². The number of nitrogens with zero attached hydrogens (tertiary/aromatic N) is 3. The standard InChI is InChI=1S/C12H10N4O2S/c1-19(17,18)11-4-2-10(3-5-11)16-12-9(6-13)7-14-8-15-12/h2-5,7-8H,1H3,(H,14,15,16). The summed E-state index contributed by atoms with van der Waals surface area (Å²) >= 11 is 0. The Bertz CT molecular complexity index is 733. The topological polar surface area (TPSA) is 95.7 Å². The van der Waals surface area contributed by atoms with Gasteiger partial charge in [-0.15, -0.1) is 0 Å². The van der Waals surface area contributed by atoms with E-state index in [9.17, 15) is 8.42 Å². The Balaban J connectivity index is 2.28. The zero-order valence-corrected chi connectivity index (χ0v) is 10.8. The fourth-order valence-corrected chi connectivity index (χ4v) is 2.06. The smallest absolute Gasteiger partial charge is 0.175 e. The van der Waals surface area contributed by atoms with Crippen LogP contribution in [0, 0.1) is 11.3 Å². The summed E-state index contributed by atoms with van der Waals surface area (Å²) in [5.74, 6) is 0.379. The Kier molecular flexibility index (Phi) is 3.44. The van der Waals surface area contributed by atoms with Crippen LogP contribution in [0.4, 0.5) is 11.5 Å². The Hall–Kier alpha value is -2.46. The molecule has 0 unspecified atom stereocenters. The van der Waals surface area contributed by atoms with Crippen LogP contribution in [-0.2, 0) is 9.84 Å². The van der Waals surface area contributed by atoms with E-state index in [2.05, 4.69) is 15.3 Å². The first-order chi connectivity index (χ1) is 9.00. The van der Waals surface area contributed by atoms with Gasteiger partial charge in [0, 0.05) is 11.9 Å². The fraction of sp³-hybridized carbons (Fsp3) is 0.0833. The number of benzene rings is 1. The van der Waals surface area contributed by atoms with Crippen molar-refractivity contribution in [1.29, 1.82) is 5.26 Å². The van der Waals surface area contributed by atoms with Crippen LogP contribution in [0.15, 0.2) is 41.7 Å². The van der Waals surface area contributed by atoms with Crippen LogP contribution < -0.4 is 5.32 Å². The number of nitrogens with one attached hydrogen (secondary N) is 1. The molecule has 0 amide bonds. The van der Waals surface area contributed by atoms with E-state index in [0.29, 0.717) is 17.1 Å². The van der Waals surface area contributed by atoms with Gasteiger partial charge in [-0.25, -0.2) is 18.4 Å². The van der Waals surface area contributed by atoms with Gasteiger partial charge in [0.1, 0.15) is 18.0 Å². The molecule has 0 bridgehead atoms. The van der Waals surface area contributed by atoms with E-state index < -0.39 is 9.84 Å². The van der Waals surface area contributed by atoms with Crippen molar-refractivity contribution >= 4 is 21.3 Å². The van der Waals surface area contributed by atoms with E-state index in [1.807, 2.05) is 6.07 Å². The molecule has 0 aliphatic rings. The van der Waals surface area contributed by atoms with Crippen LogP contribution in [0.2, 0.25) is 0 Å². The molecule has 2 rings (SSSR count). The second-order valence-corrected chi connectivity index (χ2v) is 5.83. The molecule has 0 radical (unpaired) electrons. The summed E-state index contributed by atoms with van der Waals surface area (Å²) in [6.07, 6.45) is 3.88. The Morgan fingerprint density at radius 2 is 1.95 bits per heavy atom. The largest absolute Gasteiger partial charge is 0.339 e. The monoisotopic (exact) mass is 274 g/mol. The summed E-state index contributed by atoms with van der Waals surface area (Å²) in [6, 6.07) is 8.17. The van der Waals surface area contributed by atoms with Gasteiger partial charge in [-0.05, 0) is 24.3 Å². The highest BCUT2D eigenvalue weighted by Gasteiger charge is 2.07. The van der Waals surface area contributed by atoms with Gasteiger partial charge in [-0.2, -0.15) is 5.26 Å². The minimum absolute atomic E-state index is 0.237. The molecular weight excluding hydrogens is 264 g/mol. The van der Waals surface area contributed by atoms with Crippen LogP contribution in [0.3, 0.4) is 0 Å². The second kappa shape index (κ2) is 5.04. The highest BCUT2D eigenvalue weighted by atomic mass is 32.2. The SMILES string of the molecule is CS(=O)(=O)c1ccc(Nc2ncncc2C#N)cc1. The first-order valence-electron chi connectivity index (χ1n) is 5.28. The van der Waals surface area contributed by atoms with Crippen LogP contribution in [0.1, 0.15) is 5.56 Å². The van der Waals surface area contributed by atoms with Crippen LogP contribution >= 0.6 is 0 Å². The van der Waals surface area contributed by atoms with E-state index in [1.165, 1.54) is 24.7 Å². The molecule has 0 fully saturated rings. The first-order valence-corrected chi connectivity index (χ1v) is 7.17. The van der Waals surface area contributed by atoms with Crippen molar-refractivity contribution in [2.75, 3.05) is 11.6 Å². The van der Waals surface area contributed by atoms with Crippen molar-refractivity contribution in [3.8, 4) is 6.07 Å². The third kappa shape index (κ3) is 3.05. The molecule has 96 valence electrons. The fourth-order valence-electron chi connectivity index (χ4n) is 1.43. The van der Waals surface area contributed by atoms with Gasteiger partial charge in [0.05, 0.1) is 11.1 Å². The number of hydrogen-bond donors (Lipinski definition) is 1. The van der Waals surface area contributed by atoms with E-state index in [4.69, 9.17) is 5.26 Å².